The van der Waals surface area contributed by atoms with Crippen LogP contribution in [0.25, 0.3) is 0 Å². The number of aliphatic hydroxyl groups excluding tert-OH is 1. The van der Waals surface area contributed by atoms with Gasteiger partial charge in [-0.1, -0.05) is 0 Å². The minimum atomic E-state index is -0.949. The summed E-state index contributed by atoms with van der Waals surface area (Å²) >= 11 is 0. The SMILES string of the molecule is CC(=O)N[C@@H](Cc1cc(F)cc(F)c1)[C@H](O)[C@H]1C[C@H](CC(=O)N2CCCCC2)CN1. The van der Waals surface area contributed by atoms with E-state index in [2.05, 4.69) is 10.6 Å². The standard InChI is InChI=1S/C22H31F2N3O3/c1-14(28)26-20(9-15-7-17(23)12-18(24)8-15)22(30)19-10-16(13-25-19)11-21(29)27-5-3-2-4-6-27/h7-8,12,16,19-20,22,25,30H,2-6,9-11,13H2,1H3,(H,26,28)/t16-,19-,20+,22-/m1/s1. The largest absolute Gasteiger partial charge is 0.389 e. The molecule has 2 heterocycles. The Morgan fingerprint density at radius 1 is 1.20 bits per heavy atom. The lowest BCUT2D eigenvalue weighted by molar-refractivity contribution is -0.133. The van der Waals surface area contributed by atoms with Gasteiger partial charge in [0, 0.05) is 38.5 Å². The number of hydrogen-bond acceptors (Lipinski definition) is 4. The molecule has 166 valence electrons. The maximum Gasteiger partial charge on any atom is 0.222 e. The van der Waals surface area contributed by atoms with Gasteiger partial charge in [0.05, 0.1) is 12.1 Å². The molecule has 30 heavy (non-hydrogen) atoms. The number of nitrogens with one attached hydrogen (secondary N) is 2. The lowest BCUT2D eigenvalue weighted by Gasteiger charge is -2.29. The van der Waals surface area contributed by atoms with Crippen molar-refractivity contribution in [2.45, 2.75) is 63.6 Å². The second-order valence-electron chi connectivity index (χ2n) is 8.54. The number of halogens is 2. The quantitative estimate of drug-likeness (QED) is 0.624. The molecule has 3 rings (SSSR count). The Morgan fingerprint density at radius 3 is 2.50 bits per heavy atom. The predicted octanol–water partition coefficient (Wildman–Crippen LogP) is 1.75. The monoisotopic (exact) mass is 423 g/mol. The average molecular weight is 424 g/mol. The zero-order valence-corrected chi connectivity index (χ0v) is 17.4. The summed E-state index contributed by atoms with van der Waals surface area (Å²) in [6.07, 6.45) is 3.47. The molecule has 6 nitrogen and oxygen atoms in total. The van der Waals surface area contributed by atoms with E-state index in [0.717, 1.165) is 32.0 Å². The molecular weight excluding hydrogens is 392 g/mol. The predicted molar refractivity (Wildman–Crippen MR) is 109 cm³/mol. The summed E-state index contributed by atoms with van der Waals surface area (Å²) in [5.74, 6) is -1.45. The van der Waals surface area contributed by atoms with Crippen molar-refractivity contribution >= 4 is 11.8 Å². The number of aliphatic hydroxyl groups is 1. The molecule has 0 aromatic heterocycles. The summed E-state index contributed by atoms with van der Waals surface area (Å²) in [5.41, 5.74) is 0.361. The molecule has 4 atom stereocenters. The Kier molecular flexibility index (Phi) is 7.77. The number of benzene rings is 1. The summed E-state index contributed by atoms with van der Waals surface area (Å²) in [7, 11) is 0. The minimum absolute atomic E-state index is 0.102. The van der Waals surface area contributed by atoms with Gasteiger partial charge in [0.2, 0.25) is 11.8 Å². The van der Waals surface area contributed by atoms with E-state index >= 15 is 0 Å². The van der Waals surface area contributed by atoms with E-state index in [1.807, 2.05) is 4.90 Å². The van der Waals surface area contributed by atoms with E-state index in [1.54, 1.807) is 0 Å². The zero-order valence-electron chi connectivity index (χ0n) is 17.4. The third-order valence-electron chi connectivity index (χ3n) is 6.02. The van der Waals surface area contributed by atoms with E-state index < -0.39 is 23.8 Å². The molecule has 1 aromatic rings. The molecule has 0 saturated carbocycles. The third kappa shape index (κ3) is 6.22. The fraction of sp³-hybridized carbons (Fsp3) is 0.636. The summed E-state index contributed by atoms with van der Waals surface area (Å²) < 4.78 is 27.1. The highest BCUT2D eigenvalue weighted by molar-refractivity contribution is 5.76. The van der Waals surface area contributed by atoms with Crippen LogP contribution in [0.15, 0.2) is 18.2 Å². The zero-order chi connectivity index (χ0) is 21.7. The van der Waals surface area contributed by atoms with Crippen molar-refractivity contribution in [2.24, 2.45) is 5.92 Å². The van der Waals surface area contributed by atoms with Crippen LogP contribution in [0.5, 0.6) is 0 Å². The van der Waals surface area contributed by atoms with Crippen LogP contribution >= 0.6 is 0 Å². The first-order valence-electron chi connectivity index (χ1n) is 10.7. The minimum Gasteiger partial charge on any atom is -0.389 e. The smallest absolute Gasteiger partial charge is 0.222 e. The normalized spacial score (nSPS) is 23.8. The summed E-state index contributed by atoms with van der Waals surface area (Å²) in [5, 5.41) is 16.9. The fourth-order valence-corrected chi connectivity index (χ4v) is 4.56. The van der Waals surface area contributed by atoms with Crippen LogP contribution in [0.3, 0.4) is 0 Å². The van der Waals surface area contributed by atoms with Gasteiger partial charge in [0.15, 0.2) is 0 Å². The van der Waals surface area contributed by atoms with Gasteiger partial charge in [0.1, 0.15) is 11.6 Å². The molecule has 0 spiro atoms. The van der Waals surface area contributed by atoms with Crippen LogP contribution in [0.2, 0.25) is 0 Å². The molecule has 3 N–H and O–H groups in total. The number of carbonyl (C=O) groups excluding carboxylic acids is 2. The third-order valence-corrected chi connectivity index (χ3v) is 6.02. The molecule has 0 bridgehead atoms. The maximum atomic E-state index is 13.5. The van der Waals surface area contributed by atoms with Gasteiger partial charge in [-0.05, 0) is 62.3 Å². The Morgan fingerprint density at radius 2 is 1.87 bits per heavy atom. The van der Waals surface area contributed by atoms with Gasteiger partial charge in [-0.25, -0.2) is 8.78 Å². The molecule has 0 aliphatic carbocycles. The highest BCUT2D eigenvalue weighted by atomic mass is 19.1. The highest BCUT2D eigenvalue weighted by Crippen LogP contribution is 2.24. The molecular formula is C22H31F2N3O3. The van der Waals surface area contributed by atoms with E-state index in [0.29, 0.717) is 24.9 Å². The number of amides is 2. The van der Waals surface area contributed by atoms with Crippen LogP contribution < -0.4 is 10.6 Å². The maximum absolute atomic E-state index is 13.5. The molecule has 1 aromatic carbocycles. The van der Waals surface area contributed by atoms with Crippen molar-refractivity contribution in [1.82, 2.24) is 15.5 Å². The van der Waals surface area contributed by atoms with Crippen molar-refractivity contribution in [2.75, 3.05) is 19.6 Å². The Labute approximate surface area is 176 Å². The van der Waals surface area contributed by atoms with Crippen LogP contribution in [-0.4, -0.2) is 59.6 Å². The van der Waals surface area contributed by atoms with Crippen molar-refractivity contribution in [1.29, 1.82) is 0 Å². The molecule has 0 unspecified atom stereocenters. The van der Waals surface area contributed by atoms with Gasteiger partial charge in [0.25, 0.3) is 0 Å². The van der Waals surface area contributed by atoms with Crippen molar-refractivity contribution < 1.29 is 23.5 Å². The molecule has 2 amide bonds. The van der Waals surface area contributed by atoms with E-state index in [1.165, 1.54) is 25.5 Å². The molecule has 2 fully saturated rings. The van der Waals surface area contributed by atoms with Crippen LogP contribution in [0, 0.1) is 17.6 Å². The van der Waals surface area contributed by atoms with Gasteiger partial charge >= 0.3 is 0 Å². The topological polar surface area (TPSA) is 81.7 Å². The molecule has 0 radical (unpaired) electrons. The van der Waals surface area contributed by atoms with Gasteiger partial charge in [-0.2, -0.15) is 0 Å². The van der Waals surface area contributed by atoms with Crippen LogP contribution in [0.4, 0.5) is 8.78 Å². The lowest BCUT2D eigenvalue weighted by atomic mass is 9.92. The molecule has 2 aliphatic heterocycles. The highest BCUT2D eigenvalue weighted by Gasteiger charge is 2.35. The van der Waals surface area contributed by atoms with Crippen molar-refractivity contribution in [3.05, 3.63) is 35.4 Å². The fourth-order valence-electron chi connectivity index (χ4n) is 4.56. The first kappa shape index (κ1) is 22.6. The van der Waals surface area contributed by atoms with Crippen molar-refractivity contribution in [3.8, 4) is 0 Å². The van der Waals surface area contributed by atoms with E-state index in [4.69, 9.17) is 0 Å². The molecule has 2 saturated heterocycles. The Balaban J connectivity index is 1.59. The second-order valence-corrected chi connectivity index (χ2v) is 8.54. The lowest BCUT2D eigenvalue weighted by Crippen LogP contribution is -2.51. The van der Waals surface area contributed by atoms with E-state index in [-0.39, 0.29) is 30.2 Å². The summed E-state index contributed by atoms with van der Waals surface area (Å²) in [6, 6.07) is 2.19. The molecule has 8 heteroatoms. The van der Waals surface area contributed by atoms with Crippen molar-refractivity contribution in [3.63, 3.8) is 0 Å². The van der Waals surface area contributed by atoms with Gasteiger partial charge in [-0.15, -0.1) is 0 Å². The first-order chi connectivity index (χ1) is 14.3. The average Bonchev–Trinajstić information content (AvgIpc) is 3.15. The first-order valence-corrected chi connectivity index (χ1v) is 10.7. The van der Waals surface area contributed by atoms with Gasteiger partial charge < -0.3 is 20.6 Å². The number of nitrogens with zero attached hydrogens (tertiary/aromatic N) is 1. The number of likely N-dealkylation sites (tertiary alicyclic amines) is 1. The summed E-state index contributed by atoms with van der Waals surface area (Å²) in [6.45, 7) is 3.59. The number of hydrogen-bond donors (Lipinski definition) is 3. The number of piperidine rings is 1. The number of carbonyl (C=O) groups is 2. The number of rotatable bonds is 7. The Bertz CT molecular complexity index is 735. The van der Waals surface area contributed by atoms with Crippen LogP contribution in [0.1, 0.15) is 44.6 Å². The second kappa shape index (κ2) is 10.3. The van der Waals surface area contributed by atoms with Crippen LogP contribution in [-0.2, 0) is 16.0 Å². The Hall–Kier alpha value is -2.06. The molecule has 2 aliphatic rings. The van der Waals surface area contributed by atoms with Gasteiger partial charge in [-0.3, -0.25) is 9.59 Å². The van der Waals surface area contributed by atoms with E-state index in [9.17, 15) is 23.5 Å². The summed E-state index contributed by atoms with van der Waals surface area (Å²) in [4.78, 5) is 26.1.